The summed E-state index contributed by atoms with van der Waals surface area (Å²) in [5.41, 5.74) is 9.43. The summed E-state index contributed by atoms with van der Waals surface area (Å²) >= 11 is 0. The number of carbonyl (C=O) groups is 4. The molecule has 0 amide bonds. The Morgan fingerprint density at radius 2 is 0.500 bits per heavy atom. The van der Waals surface area contributed by atoms with Gasteiger partial charge in [0.05, 0.1) is 45.0 Å². The Hall–Kier alpha value is -8.24. The first-order valence-electron chi connectivity index (χ1n) is 17.9. The van der Waals surface area contributed by atoms with Crippen LogP contribution < -0.4 is 0 Å². The van der Waals surface area contributed by atoms with Gasteiger partial charge in [-0.25, -0.2) is 29.1 Å². The number of carboxylic acids is 4. The van der Waals surface area contributed by atoms with Crippen LogP contribution >= 0.6 is 0 Å². The van der Waals surface area contributed by atoms with E-state index in [9.17, 15) is 39.6 Å². The molecule has 0 saturated heterocycles. The van der Waals surface area contributed by atoms with Gasteiger partial charge >= 0.3 is 23.9 Å². The number of aromatic carboxylic acids is 4. The van der Waals surface area contributed by atoms with Crippen molar-refractivity contribution in [2.24, 2.45) is 0 Å². The van der Waals surface area contributed by atoms with E-state index in [4.69, 9.17) is 9.97 Å². The molecule has 0 spiro atoms. The Bertz CT molecular complexity index is 2570. The van der Waals surface area contributed by atoms with Crippen LogP contribution in [0.15, 0.2) is 158 Å². The minimum Gasteiger partial charge on any atom is -0.478 e. The lowest BCUT2D eigenvalue weighted by Crippen LogP contribution is -1.97. The number of rotatable bonds is 10. The fraction of sp³-hybridized carbons (Fsp3) is 0. The predicted octanol–water partition coefficient (Wildman–Crippen LogP) is 10.4. The Morgan fingerprint density at radius 3 is 0.724 bits per heavy atom. The van der Waals surface area contributed by atoms with Gasteiger partial charge in [-0.15, -0.1) is 0 Å². The lowest BCUT2D eigenvalue weighted by Gasteiger charge is -2.13. The van der Waals surface area contributed by atoms with Crippen LogP contribution in [0, 0.1) is 0 Å². The fourth-order valence-electron chi connectivity index (χ4n) is 6.73. The van der Waals surface area contributed by atoms with Crippen LogP contribution in [0.25, 0.3) is 78.1 Å². The maximum absolute atomic E-state index is 11.5. The minimum absolute atomic E-state index is 0.154. The summed E-state index contributed by atoms with van der Waals surface area (Å²) in [6.45, 7) is 0. The molecule has 10 nitrogen and oxygen atoms in total. The van der Waals surface area contributed by atoms with Crippen molar-refractivity contribution < 1.29 is 39.6 Å². The first-order chi connectivity index (χ1) is 28.0. The Morgan fingerprint density at radius 1 is 0.276 bits per heavy atom. The van der Waals surface area contributed by atoms with E-state index >= 15 is 0 Å². The van der Waals surface area contributed by atoms with Crippen molar-refractivity contribution in [2.45, 2.75) is 0 Å². The first kappa shape index (κ1) is 36.7. The molecule has 0 aliphatic rings. The average Bonchev–Trinajstić information content (AvgIpc) is 3.25. The maximum Gasteiger partial charge on any atom is 0.335 e. The van der Waals surface area contributed by atoms with Crippen LogP contribution in [-0.4, -0.2) is 54.3 Å². The summed E-state index contributed by atoms with van der Waals surface area (Å²) in [6.07, 6.45) is 0. The van der Waals surface area contributed by atoms with Crippen molar-refractivity contribution in [1.29, 1.82) is 0 Å². The maximum atomic E-state index is 11.5. The summed E-state index contributed by atoms with van der Waals surface area (Å²) in [5.74, 6) is -4.13. The third-order valence-corrected chi connectivity index (χ3v) is 9.87. The second-order valence-electron chi connectivity index (χ2n) is 13.6. The lowest BCUT2D eigenvalue weighted by molar-refractivity contribution is 0.0686. The van der Waals surface area contributed by atoms with Crippen molar-refractivity contribution in [3.63, 3.8) is 0 Å². The van der Waals surface area contributed by atoms with Crippen LogP contribution in [0.1, 0.15) is 41.4 Å². The molecule has 58 heavy (non-hydrogen) atoms. The van der Waals surface area contributed by atoms with Crippen molar-refractivity contribution in [3.05, 3.63) is 180 Å². The molecule has 280 valence electrons. The van der Waals surface area contributed by atoms with E-state index in [0.717, 1.165) is 33.0 Å². The van der Waals surface area contributed by atoms with Gasteiger partial charge in [-0.3, -0.25) is 0 Å². The Kier molecular flexibility index (Phi) is 9.57. The molecule has 2 heterocycles. The van der Waals surface area contributed by atoms with Gasteiger partial charge in [0.1, 0.15) is 0 Å². The molecule has 0 aliphatic heterocycles. The average molecular weight is 763 g/mol. The summed E-state index contributed by atoms with van der Waals surface area (Å²) in [4.78, 5) is 55.9. The zero-order valence-corrected chi connectivity index (χ0v) is 30.3. The highest BCUT2D eigenvalue weighted by Crippen LogP contribution is 2.35. The number of aromatic nitrogens is 2. The SMILES string of the molecule is O=C(O)c1ccc(-c2cc(-c3ccc4cc(-c5cc(-c6ccc(C(=O)O)cc6)nc(-c6ccc(C(=O)O)cc6)c5)ccc4c3)cc(-c3ccc(C(=O)O)cc3)n2)cc1. The molecule has 8 aromatic rings. The van der Waals surface area contributed by atoms with Crippen LogP contribution in [0.4, 0.5) is 0 Å². The van der Waals surface area contributed by atoms with Crippen LogP contribution in [-0.2, 0) is 0 Å². The highest BCUT2D eigenvalue weighted by atomic mass is 16.4. The van der Waals surface area contributed by atoms with Crippen molar-refractivity contribution in [2.75, 3.05) is 0 Å². The van der Waals surface area contributed by atoms with Gasteiger partial charge < -0.3 is 20.4 Å². The lowest BCUT2D eigenvalue weighted by atomic mass is 9.95. The second-order valence-corrected chi connectivity index (χ2v) is 13.6. The largest absolute Gasteiger partial charge is 0.478 e. The van der Waals surface area contributed by atoms with Crippen LogP contribution in [0.2, 0.25) is 0 Å². The molecule has 2 aromatic heterocycles. The van der Waals surface area contributed by atoms with E-state index in [0.29, 0.717) is 45.0 Å². The number of benzene rings is 6. The van der Waals surface area contributed by atoms with E-state index < -0.39 is 23.9 Å². The van der Waals surface area contributed by atoms with Gasteiger partial charge in [0.15, 0.2) is 0 Å². The third kappa shape index (κ3) is 7.53. The molecule has 0 fully saturated rings. The Labute approximate surface area is 330 Å². The van der Waals surface area contributed by atoms with Gasteiger partial charge in [0.2, 0.25) is 0 Å². The van der Waals surface area contributed by atoms with E-state index in [1.165, 1.54) is 48.5 Å². The topological polar surface area (TPSA) is 175 Å². The van der Waals surface area contributed by atoms with Crippen molar-refractivity contribution >= 4 is 34.6 Å². The quantitative estimate of drug-likeness (QED) is 0.105. The molecular formula is C48H30N2O8. The first-order valence-corrected chi connectivity index (χ1v) is 17.9. The number of carboxylic acid groups (broad SMARTS) is 4. The minimum atomic E-state index is -1.03. The number of fused-ring (bicyclic) bond motifs is 1. The number of hydrogen-bond donors (Lipinski definition) is 4. The predicted molar refractivity (Wildman–Crippen MR) is 220 cm³/mol. The van der Waals surface area contributed by atoms with Gasteiger partial charge in [-0.2, -0.15) is 0 Å². The van der Waals surface area contributed by atoms with Gasteiger partial charge in [-0.1, -0.05) is 72.8 Å². The fourth-order valence-corrected chi connectivity index (χ4v) is 6.73. The van der Waals surface area contributed by atoms with E-state index in [1.807, 2.05) is 48.5 Å². The highest BCUT2D eigenvalue weighted by Gasteiger charge is 2.15. The van der Waals surface area contributed by atoms with Crippen LogP contribution in [0.5, 0.6) is 0 Å². The molecule has 8 rings (SSSR count). The third-order valence-electron chi connectivity index (χ3n) is 9.87. The molecule has 0 radical (unpaired) electrons. The molecule has 10 heteroatoms. The molecule has 0 saturated carbocycles. The molecule has 0 aliphatic carbocycles. The summed E-state index contributed by atoms with van der Waals surface area (Å²) in [5, 5.41) is 39.7. The molecular weight excluding hydrogens is 733 g/mol. The summed E-state index contributed by atoms with van der Waals surface area (Å²) < 4.78 is 0. The van der Waals surface area contributed by atoms with Crippen LogP contribution in [0.3, 0.4) is 0 Å². The molecule has 0 atom stereocenters. The standard InChI is InChI=1S/C48H30N2O8/c51-45(52)31-9-1-27(2-10-31)41-23-39(24-42(49-41)28-3-11-32(12-4-28)46(53)54)37-19-17-36-22-38(20-18-35(36)21-37)40-25-43(29-5-13-33(14-6-29)47(55)56)50-44(26-40)30-7-15-34(16-8-30)48(57)58/h1-26H,(H,51,52)(H,53,54)(H,55,56)(H,57,58). The van der Waals surface area contributed by atoms with E-state index in [2.05, 4.69) is 12.1 Å². The number of nitrogens with zero attached hydrogens (tertiary/aromatic N) is 2. The molecule has 6 aromatic carbocycles. The number of hydrogen-bond acceptors (Lipinski definition) is 6. The van der Waals surface area contributed by atoms with Gasteiger partial charge in [0, 0.05) is 22.3 Å². The molecule has 4 N–H and O–H groups in total. The highest BCUT2D eigenvalue weighted by molar-refractivity contribution is 5.94. The van der Waals surface area contributed by atoms with Crippen molar-refractivity contribution in [3.8, 4) is 67.3 Å². The Balaban J connectivity index is 1.20. The smallest absolute Gasteiger partial charge is 0.335 e. The monoisotopic (exact) mass is 762 g/mol. The van der Waals surface area contributed by atoms with Gasteiger partial charge in [0.25, 0.3) is 0 Å². The zero-order valence-electron chi connectivity index (χ0n) is 30.3. The molecule has 0 unspecified atom stereocenters. The van der Waals surface area contributed by atoms with E-state index in [1.54, 1.807) is 48.5 Å². The van der Waals surface area contributed by atoms with Crippen molar-refractivity contribution in [1.82, 2.24) is 9.97 Å². The second kappa shape index (κ2) is 15.1. The molecule has 0 bridgehead atoms. The normalized spacial score (nSPS) is 11.0. The zero-order chi connectivity index (χ0) is 40.5. The number of pyridine rings is 2. The van der Waals surface area contributed by atoms with Gasteiger partial charge in [-0.05, 0) is 118 Å². The summed E-state index contributed by atoms with van der Waals surface area (Å²) in [7, 11) is 0. The summed E-state index contributed by atoms with van der Waals surface area (Å²) in [6, 6.07) is 45.8. The van der Waals surface area contributed by atoms with E-state index in [-0.39, 0.29) is 22.3 Å².